The van der Waals surface area contributed by atoms with E-state index < -0.39 is 18.7 Å². The van der Waals surface area contributed by atoms with Gasteiger partial charge in [-0.1, -0.05) is 13.8 Å². The maximum absolute atomic E-state index is 12.6. The summed E-state index contributed by atoms with van der Waals surface area (Å²) in [6.07, 6.45) is 3.91. The van der Waals surface area contributed by atoms with Crippen molar-refractivity contribution in [2.45, 2.75) is 20.3 Å². The van der Waals surface area contributed by atoms with Gasteiger partial charge < -0.3 is 10.3 Å². The number of rotatable bonds is 1. The van der Waals surface area contributed by atoms with Gasteiger partial charge in [-0.05, 0) is 24.0 Å². The number of pyridine rings is 1. The Balaban J connectivity index is 1.97. The number of aromatic nitrogens is 2. The molecule has 0 bridgehead atoms. The highest BCUT2D eigenvalue weighted by molar-refractivity contribution is 8.44. The first kappa shape index (κ1) is 16.2. The van der Waals surface area contributed by atoms with Crippen LogP contribution in [0.2, 0.25) is 0 Å². The van der Waals surface area contributed by atoms with Crippen molar-refractivity contribution < 1.29 is 13.2 Å². The van der Waals surface area contributed by atoms with E-state index in [1.54, 1.807) is 18.5 Å². The third-order valence-corrected chi connectivity index (χ3v) is 7.78. The Morgan fingerprint density at radius 3 is 2.84 bits per heavy atom. The Morgan fingerprint density at radius 2 is 2.08 bits per heavy atom. The van der Waals surface area contributed by atoms with Crippen molar-refractivity contribution in [1.29, 1.82) is 0 Å². The van der Waals surface area contributed by atoms with Crippen molar-refractivity contribution in [3.05, 3.63) is 40.7 Å². The van der Waals surface area contributed by atoms with Crippen LogP contribution in [-0.2, 0) is 23.5 Å². The van der Waals surface area contributed by atoms with Crippen LogP contribution in [0, 0.1) is 5.41 Å². The molecule has 2 aromatic heterocycles. The fourth-order valence-corrected chi connectivity index (χ4v) is 6.40. The van der Waals surface area contributed by atoms with E-state index in [0.29, 0.717) is 34.9 Å². The van der Waals surface area contributed by atoms with Crippen LogP contribution in [0.5, 0.6) is 0 Å². The van der Waals surface area contributed by atoms with Crippen molar-refractivity contribution in [3.8, 4) is 0 Å². The van der Waals surface area contributed by atoms with Crippen LogP contribution in [0.1, 0.15) is 25.8 Å². The number of H-pyrrole nitrogens is 1. The molecule has 1 amide bonds. The first-order chi connectivity index (χ1) is 11.9. The molecule has 4 rings (SSSR count). The summed E-state index contributed by atoms with van der Waals surface area (Å²) in [6, 6.07) is 3.58. The van der Waals surface area contributed by atoms with Crippen molar-refractivity contribution in [1.82, 2.24) is 15.3 Å². The van der Waals surface area contributed by atoms with Crippen LogP contribution < -0.4 is 5.32 Å². The van der Waals surface area contributed by atoms with Crippen molar-refractivity contribution in [3.63, 3.8) is 0 Å². The number of carbonyl (C=O) groups is 1. The number of amides is 1. The van der Waals surface area contributed by atoms with E-state index in [1.807, 2.05) is 19.9 Å². The van der Waals surface area contributed by atoms with Gasteiger partial charge in [0.2, 0.25) is 0 Å². The zero-order valence-corrected chi connectivity index (χ0v) is 15.3. The number of aliphatic imine (C=N–C) groups is 1. The molecule has 2 aliphatic rings. The quantitative estimate of drug-likeness (QED) is 0.787. The summed E-state index contributed by atoms with van der Waals surface area (Å²) >= 11 is 0. The standard InChI is InChI=1S/C16H16N4O3S2/c1-16(2)7-11-12(14(21)19-8-16)24(25(22)23)15(20-11)10-4-6-18-13-9(10)3-5-17-13/h3-6H,7-8H2,1-2H3,(H,17,18)(H,19,21). The Labute approximate surface area is 147 Å². The lowest BCUT2D eigenvalue weighted by Crippen LogP contribution is -2.33. The van der Waals surface area contributed by atoms with Crippen molar-refractivity contribution in [2.75, 3.05) is 6.54 Å². The summed E-state index contributed by atoms with van der Waals surface area (Å²) in [5.74, 6) is -0.341. The molecule has 0 saturated heterocycles. The molecule has 0 aliphatic carbocycles. The third kappa shape index (κ3) is 2.63. The van der Waals surface area contributed by atoms with Gasteiger partial charge >= 0.3 is 0 Å². The molecule has 9 heteroatoms. The third-order valence-electron chi connectivity index (χ3n) is 4.27. The van der Waals surface area contributed by atoms with E-state index in [-0.39, 0.29) is 16.2 Å². The van der Waals surface area contributed by atoms with E-state index in [4.69, 9.17) is 0 Å². The van der Waals surface area contributed by atoms with Crippen molar-refractivity contribution >= 4 is 40.7 Å². The molecule has 0 fully saturated rings. The summed E-state index contributed by atoms with van der Waals surface area (Å²) in [4.78, 5) is 24.7. The molecule has 0 radical (unpaired) electrons. The largest absolute Gasteiger partial charge is 0.351 e. The Morgan fingerprint density at radius 1 is 1.28 bits per heavy atom. The van der Waals surface area contributed by atoms with E-state index in [9.17, 15) is 13.2 Å². The van der Waals surface area contributed by atoms with Crippen LogP contribution in [0.3, 0.4) is 0 Å². The molecule has 0 saturated carbocycles. The van der Waals surface area contributed by atoms with E-state index >= 15 is 0 Å². The van der Waals surface area contributed by atoms with Gasteiger partial charge in [-0.25, -0.2) is 9.98 Å². The molecule has 7 nitrogen and oxygen atoms in total. The Kier molecular flexibility index (Phi) is 3.66. The van der Waals surface area contributed by atoms with E-state index in [0.717, 1.165) is 5.39 Å². The lowest BCUT2D eigenvalue weighted by atomic mass is 9.88. The summed E-state index contributed by atoms with van der Waals surface area (Å²) < 4.78 is 24.1. The second kappa shape index (κ2) is 5.63. The molecule has 2 aliphatic heterocycles. The number of fused-ring (bicyclic) bond motifs is 1. The first-order valence-corrected chi connectivity index (χ1v) is 10.6. The monoisotopic (exact) mass is 376 g/mol. The highest BCUT2D eigenvalue weighted by atomic mass is 32.9. The molecule has 0 spiro atoms. The molecule has 4 heterocycles. The van der Waals surface area contributed by atoms with E-state index in [2.05, 4.69) is 20.3 Å². The minimum atomic E-state index is -2.48. The second-order valence-corrected chi connectivity index (χ2v) is 10.3. The predicted molar refractivity (Wildman–Crippen MR) is 97.3 cm³/mol. The number of nitrogens with one attached hydrogen (secondary N) is 2. The van der Waals surface area contributed by atoms with Crippen LogP contribution in [-0.4, -0.2) is 35.9 Å². The molecular formula is C16H16N4O3S2. The molecule has 1 atom stereocenters. The highest BCUT2D eigenvalue weighted by Gasteiger charge is 2.37. The fourth-order valence-electron chi connectivity index (χ4n) is 3.11. The zero-order valence-electron chi connectivity index (χ0n) is 13.7. The first-order valence-electron chi connectivity index (χ1n) is 7.74. The lowest BCUT2D eigenvalue weighted by molar-refractivity contribution is -0.117. The average molecular weight is 376 g/mol. The smallest absolute Gasteiger partial charge is 0.260 e. The van der Waals surface area contributed by atoms with Crippen LogP contribution in [0.25, 0.3) is 11.0 Å². The maximum atomic E-state index is 12.6. The molecule has 25 heavy (non-hydrogen) atoms. The van der Waals surface area contributed by atoms with Gasteiger partial charge in [-0.15, -0.1) is 0 Å². The second-order valence-electron chi connectivity index (χ2n) is 6.79. The topological polar surface area (TPSA) is 104 Å². The van der Waals surface area contributed by atoms with Gasteiger partial charge in [-0.2, -0.15) is 8.42 Å². The highest BCUT2D eigenvalue weighted by Crippen LogP contribution is 2.36. The van der Waals surface area contributed by atoms with Gasteiger partial charge in [0.25, 0.3) is 15.2 Å². The minimum Gasteiger partial charge on any atom is -0.351 e. The van der Waals surface area contributed by atoms with E-state index in [1.165, 1.54) is 0 Å². The van der Waals surface area contributed by atoms with Crippen LogP contribution in [0.15, 0.2) is 40.1 Å². The van der Waals surface area contributed by atoms with Gasteiger partial charge in [0.15, 0.2) is 0 Å². The summed E-state index contributed by atoms with van der Waals surface area (Å²) in [6.45, 7) is 4.54. The van der Waals surface area contributed by atoms with Gasteiger partial charge in [-0.3, -0.25) is 4.79 Å². The van der Waals surface area contributed by atoms with Crippen LogP contribution >= 0.6 is 0 Å². The van der Waals surface area contributed by atoms with Crippen molar-refractivity contribution in [2.24, 2.45) is 10.4 Å². The fraction of sp³-hybridized carbons (Fsp3) is 0.312. The molecule has 130 valence electrons. The lowest BCUT2D eigenvalue weighted by Gasteiger charge is -2.22. The number of aromatic amines is 1. The predicted octanol–water partition coefficient (Wildman–Crippen LogP) is 1.49. The summed E-state index contributed by atoms with van der Waals surface area (Å²) in [7, 11) is -3.88. The molecule has 0 aromatic carbocycles. The van der Waals surface area contributed by atoms with Gasteiger partial charge in [0.05, 0.1) is 5.70 Å². The summed E-state index contributed by atoms with van der Waals surface area (Å²) in [5, 5.41) is 4.05. The summed E-state index contributed by atoms with van der Waals surface area (Å²) in [5.41, 5.74) is 1.74. The number of hydrogen-bond acceptors (Lipinski definition) is 5. The Bertz CT molecular complexity index is 1120. The normalized spacial score (nSPS) is 22.4. The number of carbonyl (C=O) groups excluding carboxylic acids is 1. The maximum Gasteiger partial charge on any atom is 0.260 e. The molecule has 2 aromatic rings. The average Bonchev–Trinajstić information content (AvgIpc) is 3.13. The Hall–Kier alpha value is -2.26. The molecular weight excluding hydrogens is 360 g/mol. The van der Waals surface area contributed by atoms with Gasteiger partial charge in [0, 0.05) is 39.3 Å². The zero-order chi connectivity index (χ0) is 17.8. The molecule has 2 N–H and O–H groups in total. The van der Waals surface area contributed by atoms with Crippen LogP contribution in [0.4, 0.5) is 0 Å². The number of nitrogens with zero attached hydrogens (tertiary/aromatic N) is 2. The molecule has 1 unspecified atom stereocenters. The number of allylic oxidation sites excluding steroid dienone is 1. The SMILES string of the molecule is CC1(C)CNC(=O)C2=C(C1)N=C(c1ccnc3[nH]ccc13)S2=S(=O)=O. The number of hydrogen-bond donors (Lipinski definition) is 2. The van der Waals surface area contributed by atoms with Gasteiger partial charge in [0.1, 0.15) is 15.6 Å². The minimum absolute atomic E-state index is 0.188.